The first-order chi connectivity index (χ1) is 10.2. The van der Waals surface area contributed by atoms with Crippen LogP contribution in [0.25, 0.3) is 0 Å². The average Bonchev–Trinajstić information content (AvgIpc) is 2.45. The first kappa shape index (κ1) is 16.1. The lowest BCUT2D eigenvalue weighted by Gasteiger charge is -2.11. The highest BCUT2D eigenvalue weighted by molar-refractivity contribution is 7.92. The predicted octanol–water partition coefficient (Wildman–Crippen LogP) is 2.72. The van der Waals surface area contributed by atoms with Gasteiger partial charge in [0.2, 0.25) is 11.8 Å². The first-order valence-corrected chi connectivity index (χ1v) is 6.80. The smallest absolute Gasteiger partial charge is 0.268 e. The molecule has 0 unspecified atom stereocenters. The lowest BCUT2D eigenvalue weighted by Crippen LogP contribution is -2.20. The van der Waals surface area contributed by atoms with E-state index in [1.165, 1.54) is 4.72 Å². The second-order valence-corrected chi connectivity index (χ2v) is 5.47. The van der Waals surface area contributed by atoms with E-state index in [9.17, 15) is 34.8 Å². The quantitative estimate of drug-likeness (QED) is 0.404. The van der Waals surface area contributed by atoms with Crippen LogP contribution in [0.2, 0.25) is 0 Å². The van der Waals surface area contributed by atoms with Gasteiger partial charge in [0, 0.05) is 6.20 Å². The minimum atomic E-state index is -5.29. The van der Waals surface area contributed by atoms with Crippen molar-refractivity contribution in [2.24, 2.45) is 0 Å². The Labute approximate surface area is 119 Å². The van der Waals surface area contributed by atoms with Gasteiger partial charge in [-0.2, -0.15) is 4.39 Å². The third-order valence-corrected chi connectivity index (χ3v) is 3.83. The van der Waals surface area contributed by atoms with E-state index >= 15 is 0 Å². The van der Waals surface area contributed by atoms with Gasteiger partial charge in [0.25, 0.3) is 10.0 Å². The summed E-state index contributed by atoms with van der Waals surface area (Å²) in [5.74, 6) is -13.9. The molecule has 4 nitrogen and oxygen atoms in total. The predicted molar refractivity (Wildman–Crippen MR) is 61.2 cm³/mol. The molecule has 0 bridgehead atoms. The van der Waals surface area contributed by atoms with Crippen molar-refractivity contribution in [1.82, 2.24) is 4.98 Å². The van der Waals surface area contributed by atoms with Crippen LogP contribution in [0.5, 0.6) is 0 Å². The van der Waals surface area contributed by atoms with Gasteiger partial charge in [-0.1, -0.05) is 0 Å². The molecular formula is C11H4F6N2O2S. The number of pyridine rings is 1. The number of anilines is 1. The second-order valence-electron chi connectivity index (χ2n) is 3.85. The van der Waals surface area contributed by atoms with Crippen LogP contribution >= 0.6 is 0 Å². The molecule has 0 atom stereocenters. The van der Waals surface area contributed by atoms with E-state index in [1.807, 2.05) is 0 Å². The molecule has 0 aliphatic heterocycles. The van der Waals surface area contributed by atoms with Crippen molar-refractivity contribution >= 4 is 15.7 Å². The minimum absolute atomic E-state index is 0.827. The highest BCUT2D eigenvalue weighted by Gasteiger charge is 2.34. The summed E-state index contributed by atoms with van der Waals surface area (Å²) in [6, 6.07) is 1.92. The van der Waals surface area contributed by atoms with Gasteiger partial charge in [-0.25, -0.2) is 35.4 Å². The highest BCUT2D eigenvalue weighted by atomic mass is 32.2. The van der Waals surface area contributed by atoms with Gasteiger partial charge in [0.1, 0.15) is 5.69 Å². The number of hydrogen-bond donors (Lipinski definition) is 1. The Morgan fingerprint density at radius 1 is 0.864 bits per heavy atom. The van der Waals surface area contributed by atoms with Gasteiger partial charge in [0.15, 0.2) is 28.2 Å². The number of aromatic nitrogens is 1. The van der Waals surface area contributed by atoms with Crippen LogP contribution in [0, 0.1) is 35.0 Å². The number of hydrogen-bond acceptors (Lipinski definition) is 3. The molecule has 0 saturated carbocycles. The van der Waals surface area contributed by atoms with Crippen LogP contribution in [-0.4, -0.2) is 13.4 Å². The molecule has 0 radical (unpaired) electrons. The number of nitrogens with one attached hydrogen (secondary N) is 1. The van der Waals surface area contributed by atoms with E-state index in [-0.39, 0.29) is 0 Å². The summed E-state index contributed by atoms with van der Waals surface area (Å²) in [5, 5.41) is 0. The van der Waals surface area contributed by atoms with Crippen molar-refractivity contribution in [3.05, 3.63) is 53.4 Å². The molecule has 2 rings (SSSR count). The highest BCUT2D eigenvalue weighted by Crippen LogP contribution is 2.28. The van der Waals surface area contributed by atoms with Crippen LogP contribution < -0.4 is 4.72 Å². The maximum Gasteiger partial charge on any atom is 0.268 e. The standard InChI is InChI=1S/C11H4F6N2O2S/c12-5-6(13)8(15)10(9(16)7(5)14)22(20,21)19-4-2-1-3-18-11(4)17/h1-3,19H. The van der Waals surface area contributed by atoms with E-state index < -0.39 is 55.6 Å². The molecule has 2 aromatic rings. The Bertz CT molecular complexity index is 827. The summed E-state index contributed by atoms with van der Waals surface area (Å²) in [7, 11) is -5.29. The summed E-state index contributed by atoms with van der Waals surface area (Å²) in [5.41, 5.74) is -0.827. The molecule has 1 aromatic carbocycles. The Morgan fingerprint density at radius 3 is 1.86 bits per heavy atom. The minimum Gasteiger partial charge on any atom is -0.275 e. The molecular weight excluding hydrogens is 338 g/mol. The Morgan fingerprint density at radius 2 is 1.36 bits per heavy atom. The van der Waals surface area contributed by atoms with Crippen LogP contribution in [0.15, 0.2) is 23.2 Å². The lowest BCUT2D eigenvalue weighted by molar-refractivity contribution is 0.358. The van der Waals surface area contributed by atoms with Crippen LogP contribution in [0.1, 0.15) is 0 Å². The van der Waals surface area contributed by atoms with Crippen molar-refractivity contribution in [3.8, 4) is 0 Å². The molecule has 1 aromatic heterocycles. The second kappa shape index (κ2) is 5.48. The van der Waals surface area contributed by atoms with Gasteiger partial charge in [-0.15, -0.1) is 0 Å². The fraction of sp³-hybridized carbons (Fsp3) is 0. The summed E-state index contributed by atoms with van der Waals surface area (Å²) >= 11 is 0. The van der Waals surface area contributed by atoms with E-state index in [0.717, 1.165) is 18.3 Å². The van der Waals surface area contributed by atoms with Gasteiger partial charge in [0.05, 0.1) is 0 Å². The summed E-state index contributed by atoms with van der Waals surface area (Å²) < 4.78 is 104. The number of halogens is 6. The molecule has 0 amide bonds. The third kappa shape index (κ3) is 2.58. The maximum absolute atomic E-state index is 13.5. The average molecular weight is 342 g/mol. The van der Waals surface area contributed by atoms with E-state index in [1.54, 1.807) is 0 Å². The van der Waals surface area contributed by atoms with Crippen LogP contribution in [0.4, 0.5) is 32.0 Å². The number of benzene rings is 1. The fourth-order valence-electron chi connectivity index (χ4n) is 1.48. The van der Waals surface area contributed by atoms with Gasteiger partial charge in [-0.05, 0) is 12.1 Å². The number of rotatable bonds is 3. The van der Waals surface area contributed by atoms with E-state index in [2.05, 4.69) is 4.98 Å². The van der Waals surface area contributed by atoms with Gasteiger partial charge < -0.3 is 0 Å². The largest absolute Gasteiger partial charge is 0.275 e. The monoisotopic (exact) mass is 342 g/mol. The van der Waals surface area contributed by atoms with Crippen molar-refractivity contribution in [2.75, 3.05) is 4.72 Å². The first-order valence-electron chi connectivity index (χ1n) is 5.31. The molecule has 1 N–H and O–H groups in total. The summed E-state index contributed by atoms with van der Waals surface area (Å²) in [4.78, 5) is 0.943. The zero-order valence-corrected chi connectivity index (χ0v) is 11.0. The van der Waals surface area contributed by atoms with Gasteiger partial charge in [-0.3, -0.25) is 4.72 Å². The molecule has 11 heteroatoms. The normalized spacial score (nSPS) is 11.5. The zero-order valence-electron chi connectivity index (χ0n) is 10.2. The Hall–Kier alpha value is -2.30. The van der Waals surface area contributed by atoms with Crippen molar-refractivity contribution in [3.63, 3.8) is 0 Å². The van der Waals surface area contributed by atoms with Crippen LogP contribution in [0.3, 0.4) is 0 Å². The molecule has 22 heavy (non-hydrogen) atoms. The molecule has 118 valence electrons. The number of sulfonamides is 1. The van der Waals surface area contributed by atoms with Gasteiger partial charge >= 0.3 is 0 Å². The molecule has 0 fully saturated rings. The molecule has 0 aliphatic rings. The van der Waals surface area contributed by atoms with Crippen molar-refractivity contribution in [1.29, 1.82) is 0 Å². The number of nitrogens with zero attached hydrogens (tertiary/aromatic N) is 1. The van der Waals surface area contributed by atoms with Crippen LogP contribution in [-0.2, 0) is 10.0 Å². The van der Waals surface area contributed by atoms with E-state index in [0.29, 0.717) is 0 Å². The molecule has 0 aliphatic carbocycles. The van der Waals surface area contributed by atoms with E-state index in [4.69, 9.17) is 0 Å². The van der Waals surface area contributed by atoms with Crippen molar-refractivity contribution < 1.29 is 34.8 Å². The SMILES string of the molecule is O=S(=O)(Nc1cccnc1F)c1c(F)c(F)c(F)c(F)c1F. The topological polar surface area (TPSA) is 59.1 Å². The lowest BCUT2D eigenvalue weighted by atomic mass is 10.3. The molecule has 0 spiro atoms. The fourth-order valence-corrected chi connectivity index (χ4v) is 2.67. The Kier molecular flexibility index (Phi) is 4.00. The third-order valence-electron chi connectivity index (χ3n) is 2.44. The van der Waals surface area contributed by atoms with Crippen molar-refractivity contribution in [2.45, 2.75) is 4.90 Å². The summed E-state index contributed by atoms with van der Waals surface area (Å²) in [6.07, 6.45) is 0.950. The summed E-state index contributed by atoms with van der Waals surface area (Å²) in [6.45, 7) is 0. The molecule has 1 heterocycles. The molecule has 0 saturated heterocycles. The zero-order chi connectivity index (χ0) is 16.7. The Balaban J connectivity index is 2.63. The maximum atomic E-state index is 13.5.